The Balaban J connectivity index is 1.94. The topological polar surface area (TPSA) is 77.6 Å². The van der Waals surface area contributed by atoms with Crippen molar-refractivity contribution in [2.24, 2.45) is 0 Å². The Morgan fingerprint density at radius 1 is 0.739 bits per heavy atom. The normalized spacial score (nSPS) is 10.8. The number of fused-ring (bicyclic) bond motifs is 1. The highest BCUT2D eigenvalue weighted by atomic mass is 14.9. The summed E-state index contributed by atoms with van der Waals surface area (Å²) in [7, 11) is 0. The molecule has 2 N–H and O–H groups in total. The second-order valence-electron chi connectivity index (χ2n) is 5.13. The van der Waals surface area contributed by atoms with Gasteiger partial charge in [0.25, 0.3) is 0 Å². The molecule has 0 aliphatic rings. The van der Waals surface area contributed by atoms with E-state index in [1.54, 1.807) is 18.6 Å². The number of anilines is 1. The minimum atomic E-state index is 0.392. The van der Waals surface area contributed by atoms with Crippen molar-refractivity contribution in [2.75, 3.05) is 5.73 Å². The van der Waals surface area contributed by atoms with Crippen molar-refractivity contribution in [3.63, 3.8) is 0 Å². The summed E-state index contributed by atoms with van der Waals surface area (Å²) < 4.78 is 0. The monoisotopic (exact) mass is 299 g/mol. The number of pyridine rings is 2. The van der Waals surface area contributed by atoms with Crippen LogP contribution in [0.2, 0.25) is 0 Å². The van der Waals surface area contributed by atoms with E-state index in [1.165, 1.54) is 0 Å². The van der Waals surface area contributed by atoms with Gasteiger partial charge in [-0.05, 0) is 18.2 Å². The molecule has 5 nitrogen and oxygen atoms in total. The average molecular weight is 299 g/mol. The predicted octanol–water partition coefficient (Wildman–Crippen LogP) is 3.34. The number of nitrogen functional groups attached to an aromatic ring is 1. The van der Waals surface area contributed by atoms with Crippen molar-refractivity contribution in [1.29, 1.82) is 0 Å². The summed E-state index contributed by atoms with van der Waals surface area (Å²) in [6.07, 6.45) is 5.06. The third kappa shape index (κ3) is 2.48. The van der Waals surface area contributed by atoms with Crippen LogP contribution in [-0.4, -0.2) is 19.9 Å². The van der Waals surface area contributed by atoms with E-state index in [0.717, 1.165) is 27.9 Å². The highest BCUT2D eigenvalue weighted by molar-refractivity contribution is 5.84. The minimum absolute atomic E-state index is 0.392. The van der Waals surface area contributed by atoms with Crippen molar-refractivity contribution in [2.45, 2.75) is 0 Å². The van der Waals surface area contributed by atoms with E-state index in [9.17, 15) is 0 Å². The Morgan fingerprint density at radius 3 is 2.48 bits per heavy atom. The molecular weight excluding hydrogens is 286 g/mol. The molecule has 0 saturated carbocycles. The van der Waals surface area contributed by atoms with E-state index in [2.05, 4.69) is 19.9 Å². The van der Waals surface area contributed by atoms with E-state index >= 15 is 0 Å². The van der Waals surface area contributed by atoms with Crippen LogP contribution in [0.4, 0.5) is 5.82 Å². The Kier molecular flexibility index (Phi) is 3.16. The zero-order valence-electron chi connectivity index (χ0n) is 12.2. The lowest BCUT2D eigenvalue weighted by molar-refractivity contribution is 1.21. The average Bonchev–Trinajstić information content (AvgIpc) is 2.62. The maximum Gasteiger partial charge on any atom is 0.159 e. The number of hydrogen-bond donors (Lipinski definition) is 1. The Bertz CT molecular complexity index is 983. The first-order valence-corrected chi connectivity index (χ1v) is 7.20. The van der Waals surface area contributed by atoms with Crippen LogP contribution in [0, 0.1) is 0 Å². The van der Waals surface area contributed by atoms with E-state index in [1.807, 2.05) is 48.5 Å². The fraction of sp³-hybridized carbons (Fsp3) is 0. The van der Waals surface area contributed by atoms with E-state index in [0.29, 0.717) is 11.5 Å². The molecule has 0 atom stereocenters. The van der Waals surface area contributed by atoms with Crippen molar-refractivity contribution < 1.29 is 0 Å². The largest absolute Gasteiger partial charge is 0.382 e. The molecule has 0 unspecified atom stereocenters. The summed E-state index contributed by atoms with van der Waals surface area (Å²) in [6.45, 7) is 0. The summed E-state index contributed by atoms with van der Waals surface area (Å²) in [5, 5.41) is 0.961. The van der Waals surface area contributed by atoms with Crippen molar-refractivity contribution in [3.05, 3.63) is 67.1 Å². The second kappa shape index (κ2) is 5.46. The first kappa shape index (κ1) is 13.3. The van der Waals surface area contributed by atoms with Gasteiger partial charge in [-0.25, -0.2) is 15.0 Å². The van der Waals surface area contributed by atoms with Gasteiger partial charge in [-0.15, -0.1) is 0 Å². The van der Waals surface area contributed by atoms with Crippen molar-refractivity contribution in [3.8, 4) is 22.5 Å². The van der Waals surface area contributed by atoms with Gasteiger partial charge in [0.2, 0.25) is 0 Å². The van der Waals surface area contributed by atoms with Gasteiger partial charge in [-0.2, -0.15) is 0 Å². The van der Waals surface area contributed by atoms with Crippen LogP contribution in [0.25, 0.3) is 33.5 Å². The van der Waals surface area contributed by atoms with Crippen LogP contribution < -0.4 is 5.73 Å². The number of rotatable bonds is 2. The fourth-order valence-electron chi connectivity index (χ4n) is 2.51. The van der Waals surface area contributed by atoms with E-state index < -0.39 is 0 Å². The van der Waals surface area contributed by atoms with E-state index in [-0.39, 0.29) is 0 Å². The molecule has 0 bridgehead atoms. The molecule has 0 radical (unpaired) electrons. The molecule has 1 aromatic carbocycles. The van der Waals surface area contributed by atoms with Gasteiger partial charge < -0.3 is 5.73 Å². The maximum absolute atomic E-state index is 5.83. The third-order valence-corrected chi connectivity index (χ3v) is 3.57. The lowest BCUT2D eigenvalue weighted by Crippen LogP contribution is -1.98. The molecule has 23 heavy (non-hydrogen) atoms. The van der Waals surface area contributed by atoms with Gasteiger partial charge in [0.15, 0.2) is 5.65 Å². The summed E-state index contributed by atoms with van der Waals surface area (Å²) in [5.74, 6) is 0.392. The molecule has 0 amide bonds. The van der Waals surface area contributed by atoms with Gasteiger partial charge in [-0.3, -0.25) is 4.98 Å². The SMILES string of the molecule is Nc1cnc(-c2cnc3ncccc3c2)c(-c2ccccc2)n1. The summed E-state index contributed by atoms with van der Waals surface area (Å²) in [5.41, 5.74) is 9.90. The zero-order chi connectivity index (χ0) is 15.6. The van der Waals surface area contributed by atoms with Crippen LogP contribution in [0.5, 0.6) is 0 Å². The second-order valence-corrected chi connectivity index (χ2v) is 5.13. The highest BCUT2D eigenvalue weighted by Crippen LogP contribution is 2.30. The third-order valence-electron chi connectivity index (χ3n) is 3.57. The number of nitrogens with zero attached hydrogens (tertiary/aromatic N) is 4. The number of aromatic nitrogens is 4. The molecule has 0 aliphatic heterocycles. The van der Waals surface area contributed by atoms with E-state index in [4.69, 9.17) is 5.73 Å². The minimum Gasteiger partial charge on any atom is -0.382 e. The van der Waals surface area contributed by atoms with Gasteiger partial charge in [0.05, 0.1) is 17.6 Å². The van der Waals surface area contributed by atoms with Gasteiger partial charge in [0.1, 0.15) is 5.82 Å². The quantitative estimate of drug-likeness (QED) is 0.614. The van der Waals surface area contributed by atoms with Crippen LogP contribution >= 0.6 is 0 Å². The Hall–Kier alpha value is -3.34. The molecule has 4 rings (SSSR count). The fourth-order valence-corrected chi connectivity index (χ4v) is 2.51. The first-order chi connectivity index (χ1) is 11.3. The molecule has 0 spiro atoms. The molecule has 0 saturated heterocycles. The molecular formula is C18H13N5. The summed E-state index contributed by atoms with van der Waals surface area (Å²) >= 11 is 0. The summed E-state index contributed by atoms with van der Waals surface area (Å²) in [6, 6.07) is 15.8. The number of benzene rings is 1. The lowest BCUT2D eigenvalue weighted by Gasteiger charge is -2.09. The van der Waals surface area contributed by atoms with Crippen LogP contribution in [0.1, 0.15) is 0 Å². The Labute approximate surface area is 132 Å². The molecule has 0 aliphatic carbocycles. The number of hydrogen-bond acceptors (Lipinski definition) is 5. The van der Waals surface area contributed by atoms with Gasteiger partial charge in [0, 0.05) is 28.9 Å². The molecule has 110 valence electrons. The summed E-state index contributed by atoms with van der Waals surface area (Å²) in [4.78, 5) is 17.6. The van der Waals surface area contributed by atoms with Crippen molar-refractivity contribution in [1.82, 2.24) is 19.9 Å². The standard InChI is InChI=1S/C18H13N5/c19-15-11-21-16(17(23-15)12-5-2-1-3-6-12)14-9-13-7-4-8-20-18(13)22-10-14/h1-11H,(H2,19,23). The smallest absolute Gasteiger partial charge is 0.159 e. The predicted molar refractivity (Wildman–Crippen MR) is 90.4 cm³/mol. The zero-order valence-corrected chi connectivity index (χ0v) is 12.2. The van der Waals surface area contributed by atoms with Gasteiger partial charge in [-0.1, -0.05) is 30.3 Å². The van der Waals surface area contributed by atoms with Crippen molar-refractivity contribution >= 4 is 16.9 Å². The first-order valence-electron chi connectivity index (χ1n) is 7.20. The van der Waals surface area contributed by atoms with Crippen LogP contribution in [0.3, 0.4) is 0 Å². The van der Waals surface area contributed by atoms with Crippen LogP contribution in [-0.2, 0) is 0 Å². The highest BCUT2D eigenvalue weighted by Gasteiger charge is 2.12. The lowest BCUT2D eigenvalue weighted by atomic mass is 10.0. The molecule has 5 heteroatoms. The molecule has 4 aromatic rings. The van der Waals surface area contributed by atoms with Gasteiger partial charge >= 0.3 is 0 Å². The van der Waals surface area contributed by atoms with Crippen LogP contribution in [0.15, 0.2) is 67.1 Å². The maximum atomic E-state index is 5.83. The number of nitrogens with two attached hydrogens (primary N) is 1. The Morgan fingerprint density at radius 2 is 1.61 bits per heavy atom. The molecule has 3 aromatic heterocycles. The molecule has 0 fully saturated rings. The molecule has 3 heterocycles.